The van der Waals surface area contributed by atoms with E-state index in [-0.39, 0.29) is 29.1 Å². The van der Waals surface area contributed by atoms with Gasteiger partial charge in [-0.3, -0.25) is 4.79 Å². The Bertz CT molecular complexity index is 472. The Balaban J connectivity index is 2.21. The number of nitrogens with one attached hydrogen (secondary N) is 1. The molecule has 0 radical (unpaired) electrons. The van der Waals surface area contributed by atoms with Crippen molar-refractivity contribution < 1.29 is 9.90 Å². The molecule has 18 heavy (non-hydrogen) atoms. The number of aliphatic hydroxyl groups is 1. The molecule has 6 heteroatoms. The van der Waals surface area contributed by atoms with E-state index >= 15 is 0 Å². The van der Waals surface area contributed by atoms with E-state index in [1.807, 2.05) is 13.8 Å². The number of carbonyl (C=O) groups is 1. The molecule has 1 aliphatic carbocycles. The topological polar surface area (TPSA) is 75.1 Å². The second-order valence-corrected chi connectivity index (χ2v) is 5.38. The number of rotatable bonds is 4. The van der Waals surface area contributed by atoms with Crippen LogP contribution in [0.4, 0.5) is 0 Å². The molecule has 2 rings (SSSR count). The number of halogens is 1. The summed E-state index contributed by atoms with van der Waals surface area (Å²) in [7, 11) is 0. The van der Waals surface area contributed by atoms with Gasteiger partial charge in [-0.15, -0.1) is 0 Å². The molecule has 0 saturated heterocycles. The molecule has 1 saturated carbocycles. The van der Waals surface area contributed by atoms with Crippen molar-refractivity contribution in [2.75, 3.05) is 6.61 Å². The Labute approximate surface area is 111 Å². The van der Waals surface area contributed by atoms with E-state index < -0.39 is 5.54 Å². The predicted octanol–water partition coefficient (Wildman–Crippen LogP) is 1.51. The first-order valence-corrected chi connectivity index (χ1v) is 6.31. The fraction of sp³-hybridized carbons (Fsp3) is 0.583. The second-order valence-electron chi connectivity index (χ2n) is 4.97. The summed E-state index contributed by atoms with van der Waals surface area (Å²) in [5.41, 5.74) is -0.293. The first-order chi connectivity index (χ1) is 8.47. The first kappa shape index (κ1) is 13.2. The summed E-state index contributed by atoms with van der Waals surface area (Å²) in [4.78, 5) is 20.3. The van der Waals surface area contributed by atoms with Crippen LogP contribution >= 0.6 is 11.6 Å². The zero-order valence-electron chi connectivity index (χ0n) is 10.4. The average Bonchev–Trinajstić information content (AvgIpc) is 3.09. The summed E-state index contributed by atoms with van der Waals surface area (Å²) in [6.45, 7) is 3.83. The number of aliphatic hydroxyl groups excluding tert-OH is 1. The van der Waals surface area contributed by atoms with Gasteiger partial charge < -0.3 is 10.4 Å². The second kappa shape index (κ2) is 4.82. The van der Waals surface area contributed by atoms with Crippen molar-refractivity contribution in [2.24, 2.45) is 0 Å². The van der Waals surface area contributed by atoms with E-state index in [4.69, 9.17) is 11.6 Å². The third-order valence-corrected chi connectivity index (χ3v) is 3.31. The van der Waals surface area contributed by atoms with Crippen LogP contribution in [0.1, 0.15) is 48.9 Å². The molecular weight excluding hydrogens is 254 g/mol. The molecule has 1 amide bonds. The van der Waals surface area contributed by atoms with Crippen molar-refractivity contribution in [2.45, 2.75) is 38.1 Å². The lowest BCUT2D eigenvalue weighted by Gasteiger charge is -2.15. The minimum absolute atomic E-state index is 0.0571. The van der Waals surface area contributed by atoms with Gasteiger partial charge >= 0.3 is 0 Å². The van der Waals surface area contributed by atoms with Crippen LogP contribution in [0.5, 0.6) is 0 Å². The van der Waals surface area contributed by atoms with Gasteiger partial charge in [0.25, 0.3) is 5.91 Å². The van der Waals surface area contributed by atoms with E-state index in [2.05, 4.69) is 15.3 Å². The van der Waals surface area contributed by atoms with E-state index in [1.54, 1.807) is 0 Å². The number of amides is 1. The van der Waals surface area contributed by atoms with Crippen LogP contribution in [0.15, 0.2) is 6.20 Å². The quantitative estimate of drug-likeness (QED) is 0.869. The zero-order chi connectivity index (χ0) is 13.3. The molecular formula is C12H16ClN3O2. The fourth-order valence-electron chi connectivity index (χ4n) is 1.59. The highest BCUT2D eigenvalue weighted by atomic mass is 35.5. The van der Waals surface area contributed by atoms with Crippen molar-refractivity contribution in [3.63, 3.8) is 0 Å². The lowest BCUT2D eigenvalue weighted by atomic mass is 10.2. The summed E-state index contributed by atoms with van der Waals surface area (Å²) in [6.07, 6.45) is 3.02. The number of carbonyl (C=O) groups excluding carboxylic acids is 1. The van der Waals surface area contributed by atoms with Crippen LogP contribution in [0.3, 0.4) is 0 Å². The Kier molecular flexibility index (Phi) is 3.54. The molecule has 0 aliphatic heterocycles. The fourth-order valence-corrected chi connectivity index (χ4v) is 1.77. The van der Waals surface area contributed by atoms with Crippen molar-refractivity contribution in [3.05, 3.63) is 22.7 Å². The summed E-state index contributed by atoms with van der Waals surface area (Å²) in [5.74, 6) is 0.357. The maximum absolute atomic E-state index is 12.1. The first-order valence-electron chi connectivity index (χ1n) is 5.93. The third kappa shape index (κ3) is 2.62. The zero-order valence-corrected chi connectivity index (χ0v) is 11.2. The molecule has 98 valence electrons. The molecule has 1 aromatic rings. The van der Waals surface area contributed by atoms with E-state index in [0.29, 0.717) is 5.82 Å². The van der Waals surface area contributed by atoms with Crippen molar-refractivity contribution in [3.8, 4) is 0 Å². The summed E-state index contributed by atoms with van der Waals surface area (Å²) < 4.78 is 0. The smallest absolute Gasteiger partial charge is 0.272 e. The maximum atomic E-state index is 12.1. The van der Waals surface area contributed by atoms with Gasteiger partial charge in [0.15, 0.2) is 0 Å². The molecule has 1 heterocycles. The van der Waals surface area contributed by atoms with Crippen molar-refractivity contribution in [1.82, 2.24) is 15.3 Å². The van der Waals surface area contributed by atoms with Crippen LogP contribution < -0.4 is 5.32 Å². The van der Waals surface area contributed by atoms with E-state index in [9.17, 15) is 9.90 Å². The Morgan fingerprint density at radius 1 is 1.61 bits per heavy atom. The lowest BCUT2D eigenvalue weighted by molar-refractivity contribution is 0.0901. The molecule has 2 N–H and O–H groups in total. The van der Waals surface area contributed by atoms with Gasteiger partial charge in [-0.05, 0) is 12.8 Å². The molecule has 1 fully saturated rings. The van der Waals surface area contributed by atoms with Gasteiger partial charge in [0.05, 0.1) is 23.4 Å². The highest BCUT2D eigenvalue weighted by Gasteiger charge is 2.44. The number of nitrogens with zero attached hydrogens (tertiary/aromatic N) is 2. The molecule has 0 bridgehead atoms. The number of hydrogen-bond donors (Lipinski definition) is 2. The molecule has 0 atom stereocenters. The van der Waals surface area contributed by atoms with Crippen molar-refractivity contribution in [1.29, 1.82) is 0 Å². The van der Waals surface area contributed by atoms with Crippen LogP contribution in [-0.4, -0.2) is 33.1 Å². The number of hydrogen-bond acceptors (Lipinski definition) is 4. The lowest BCUT2D eigenvalue weighted by Crippen LogP contribution is -2.40. The standard InChI is InChI=1S/C12H16ClN3O2/c1-7(2)10-14-5-8(13)9(15-10)11(18)16-12(6-17)3-4-12/h5,7,17H,3-4,6H2,1-2H3,(H,16,18). The van der Waals surface area contributed by atoms with Crippen LogP contribution in [-0.2, 0) is 0 Å². The predicted molar refractivity (Wildman–Crippen MR) is 67.6 cm³/mol. The molecule has 0 aromatic carbocycles. The van der Waals surface area contributed by atoms with Gasteiger partial charge in [0.1, 0.15) is 11.5 Å². The minimum atomic E-state index is -0.469. The average molecular weight is 270 g/mol. The van der Waals surface area contributed by atoms with Gasteiger partial charge in [-0.25, -0.2) is 9.97 Å². The monoisotopic (exact) mass is 269 g/mol. The summed E-state index contributed by atoms with van der Waals surface area (Å²) in [6, 6.07) is 0. The normalized spacial score (nSPS) is 16.7. The molecule has 1 aliphatic rings. The molecule has 0 unspecified atom stereocenters. The number of aromatic nitrogens is 2. The minimum Gasteiger partial charge on any atom is -0.394 e. The summed E-state index contributed by atoms with van der Waals surface area (Å²) >= 11 is 5.94. The molecule has 1 aromatic heterocycles. The molecule has 0 spiro atoms. The van der Waals surface area contributed by atoms with Gasteiger partial charge in [-0.1, -0.05) is 25.4 Å². The van der Waals surface area contributed by atoms with Crippen LogP contribution in [0, 0.1) is 0 Å². The maximum Gasteiger partial charge on any atom is 0.272 e. The van der Waals surface area contributed by atoms with E-state index in [0.717, 1.165) is 12.8 Å². The highest BCUT2D eigenvalue weighted by Crippen LogP contribution is 2.35. The van der Waals surface area contributed by atoms with Crippen molar-refractivity contribution >= 4 is 17.5 Å². The van der Waals surface area contributed by atoms with Gasteiger partial charge in [0, 0.05) is 5.92 Å². The van der Waals surface area contributed by atoms with E-state index in [1.165, 1.54) is 6.20 Å². The Morgan fingerprint density at radius 3 is 2.78 bits per heavy atom. The Morgan fingerprint density at radius 2 is 2.28 bits per heavy atom. The van der Waals surface area contributed by atoms with Gasteiger partial charge in [-0.2, -0.15) is 0 Å². The van der Waals surface area contributed by atoms with Crippen LogP contribution in [0.25, 0.3) is 0 Å². The summed E-state index contributed by atoms with van der Waals surface area (Å²) in [5, 5.41) is 12.2. The van der Waals surface area contributed by atoms with Crippen LogP contribution in [0.2, 0.25) is 5.02 Å². The highest BCUT2D eigenvalue weighted by molar-refractivity contribution is 6.33. The largest absolute Gasteiger partial charge is 0.394 e. The Hall–Kier alpha value is -1.20. The SMILES string of the molecule is CC(C)c1ncc(Cl)c(C(=O)NC2(CO)CC2)n1. The third-order valence-electron chi connectivity index (χ3n) is 3.03. The van der Waals surface area contributed by atoms with Gasteiger partial charge in [0.2, 0.25) is 0 Å². The molecule has 5 nitrogen and oxygen atoms in total.